The van der Waals surface area contributed by atoms with Gasteiger partial charge in [-0.05, 0) is 25.0 Å². The molecule has 0 saturated carbocycles. The van der Waals surface area contributed by atoms with Crippen LogP contribution in [0.3, 0.4) is 0 Å². The molecule has 1 saturated heterocycles. The number of rotatable bonds is 4. The molecular weight excluding hydrogens is 350 g/mol. The summed E-state index contributed by atoms with van der Waals surface area (Å²) >= 11 is 6.01. The molecule has 0 aliphatic carbocycles. The third-order valence-electron chi connectivity index (χ3n) is 4.33. The Kier molecular flexibility index (Phi) is 6.11. The van der Waals surface area contributed by atoms with Crippen molar-refractivity contribution >= 4 is 27.7 Å². The molecule has 1 aliphatic heterocycles. The Morgan fingerprint density at radius 3 is 2.25 bits per heavy atom. The van der Waals surface area contributed by atoms with E-state index in [4.69, 9.17) is 11.6 Å². The topological polar surface area (TPSA) is 69.7 Å². The summed E-state index contributed by atoms with van der Waals surface area (Å²) in [6.45, 7) is 7.29. The van der Waals surface area contributed by atoms with Crippen LogP contribution in [-0.4, -0.2) is 55.9 Å². The number of hydrogen-bond acceptors (Lipinski definition) is 3. The van der Waals surface area contributed by atoms with Crippen molar-refractivity contribution in [1.29, 1.82) is 0 Å². The van der Waals surface area contributed by atoms with Crippen molar-refractivity contribution in [2.24, 2.45) is 5.92 Å². The van der Waals surface area contributed by atoms with Crippen molar-refractivity contribution in [3.63, 3.8) is 0 Å². The number of nitrogens with one attached hydrogen (secondary N) is 1. The SMILES string of the molecule is CC(C)C(C)NC(=O)N1CCN(S(=O)(=O)c2ccccc2Cl)CC1. The molecule has 0 spiro atoms. The van der Waals surface area contributed by atoms with Crippen molar-refractivity contribution < 1.29 is 13.2 Å². The number of urea groups is 1. The van der Waals surface area contributed by atoms with Crippen LogP contribution in [0.1, 0.15) is 20.8 Å². The molecule has 2 rings (SSSR count). The normalized spacial score (nSPS) is 17.8. The highest BCUT2D eigenvalue weighted by Gasteiger charge is 2.31. The molecule has 6 nitrogen and oxygen atoms in total. The summed E-state index contributed by atoms with van der Waals surface area (Å²) in [7, 11) is -3.64. The predicted molar refractivity (Wildman–Crippen MR) is 94.6 cm³/mol. The Labute approximate surface area is 148 Å². The average Bonchev–Trinajstić information content (AvgIpc) is 2.55. The summed E-state index contributed by atoms with van der Waals surface area (Å²) in [6.07, 6.45) is 0. The molecule has 1 aromatic carbocycles. The lowest BCUT2D eigenvalue weighted by Crippen LogP contribution is -2.54. The number of piperazine rings is 1. The molecule has 1 N–H and O–H groups in total. The Hall–Kier alpha value is -1.31. The number of hydrogen-bond donors (Lipinski definition) is 1. The summed E-state index contributed by atoms with van der Waals surface area (Å²) in [5, 5.41) is 3.15. The van der Waals surface area contributed by atoms with E-state index < -0.39 is 10.0 Å². The van der Waals surface area contributed by atoms with E-state index in [1.165, 1.54) is 10.4 Å². The highest BCUT2D eigenvalue weighted by Crippen LogP contribution is 2.25. The van der Waals surface area contributed by atoms with Crippen LogP contribution in [0.15, 0.2) is 29.2 Å². The van der Waals surface area contributed by atoms with Crippen LogP contribution in [0.5, 0.6) is 0 Å². The number of sulfonamides is 1. The van der Waals surface area contributed by atoms with E-state index in [9.17, 15) is 13.2 Å². The van der Waals surface area contributed by atoms with Gasteiger partial charge in [-0.3, -0.25) is 0 Å². The van der Waals surface area contributed by atoms with Gasteiger partial charge in [0.15, 0.2) is 0 Å². The van der Waals surface area contributed by atoms with Gasteiger partial charge in [-0.1, -0.05) is 37.6 Å². The third-order valence-corrected chi connectivity index (χ3v) is 6.73. The van der Waals surface area contributed by atoms with E-state index in [1.54, 1.807) is 23.1 Å². The lowest BCUT2D eigenvalue weighted by molar-refractivity contribution is 0.167. The Morgan fingerprint density at radius 1 is 1.12 bits per heavy atom. The molecule has 0 bridgehead atoms. The fourth-order valence-corrected chi connectivity index (χ4v) is 4.29. The maximum Gasteiger partial charge on any atom is 0.317 e. The lowest BCUT2D eigenvalue weighted by atomic mass is 10.1. The minimum Gasteiger partial charge on any atom is -0.335 e. The number of halogens is 1. The van der Waals surface area contributed by atoms with Gasteiger partial charge in [-0.25, -0.2) is 13.2 Å². The van der Waals surface area contributed by atoms with Gasteiger partial charge in [0.25, 0.3) is 0 Å². The van der Waals surface area contributed by atoms with E-state index in [2.05, 4.69) is 5.32 Å². The summed E-state index contributed by atoms with van der Waals surface area (Å²) < 4.78 is 26.7. The maximum atomic E-state index is 12.7. The van der Waals surface area contributed by atoms with E-state index in [0.29, 0.717) is 19.0 Å². The van der Waals surface area contributed by atoms with Gasteiger partial charge in [-0.2, -0.15) is 4.31 Å². The highest BCUT2D eigenvalue weighted by molar-refractivity contribution is 7.89. The molecule has 0 aromatic heterocycles. The quantitative estimate of drug-likeness (QED) is 0.881. The zero-order valence-corrected chi connectivity index (χ0v) is 15.8. The summed E-state index contributed by atoms with van der Waals surface area (Å²) in [5.41, 5.74) is 0. The third kappa shape index (κ3) is 4.20. The molecule has 1 heterocycles. The second-order valence-electron chi connectivity index (χ2n) is 6.30. The van der Waals surface area contributed by atoms with Crippen LogP contribution in [0.2, 0.25) is 5.02 Å². The molecular formula is C16H24ClN3O3S. The van der Waals surface area contributed by atoms with Crippen LogP contribution in [0.4, 0.5) is 4.79 Å². The Morgan fingerprint density at radius 2 is 1.71 bits per heavy atom. The standard InChI is InChI=1S/C16H24ClN3O3S/c1-12(2)13(3)18-16(21)19-8-10-20(11-9-19)24(22,23)15-7-5-4-6-14(15)17/h4-7,12-13H,8-11H2,1-3H3,(H,18,21). The molecule has 8 heteroatoms. The maximum absolute atomic E-state index is 12.7. The zero-order chi connectivity index (χ0) is 17.9. The predicted octanol–water partition coefficient (Wildman–Crippen LogP) is 2.40. The first-order chi connectivity index (χ1) is 11.2. The highest BCUT2D eigenvalue weighted by atomic mass is 35.5. The number of carbonyl (C=O) groups excluding carboxylic acids is 1. The minimum absolute atomic E-state index is 0.0717. The first kappa shape index (κ1) is 19.0. The fraction of sp³-hybridized carbons (Fsp3) is 0.562. The van der Waals surface area contributed by atoms with Crippen molar-refractivity contribution in [1.82, 2.24) is 14.5 Å². The van der Waals surface area contributed by atoms with Gasteiger partial charge >= 0.3 is 6.03 Å². The molecule has 1 fully saturated rings. The van der Waals surface area contributed by atoms with Crippen LogP contribution in [0, 0.1) is 5.92 Å². The van der Waals surface area contributed by atoms with Crippen molar-refractivity contribution in [2.45, 2.75) is 31.7 Å². The average molecular weight is 374 g/mol. The second kappa shape index (κ2) is 7.72. The summed E-state index contributed by atoms with van der Waals surface area (Å²) in [5.74, 6) is 0.343. The smallest absolute Gasteiger partial charge is 0.317 e. The van der Waals surface area contributed by atoms with E-state index >= 15 is 0 Å². The number of carbonyl (C=O) groups is 1. The first-order valence-corrected chi connectivity index (χ1v) is 9.85. The minimum atomic E-state index is -3.64. The zero-order valence-electron chi connectivity index (χ0n) is 14.2. The van der Waals surface area contributed by atoms with Gasteiger partial charge in [0.05, 0.1) is 5.02 Å². The van der Waals surface area contributed by atoms with Gasteiger partial charge < -0.3 is 10.2 Å². The summed E-state index contributed by atoms with van der Waals surface area (Å²) in [6, 6.07) is 6.33. The molecule has 1 unspecified atom stereocenters. The Balaban J connectivity index is 2.00. The van der Waals surface area contributed by atoms with E-state index in [1.807, 2.05) is 20.8 Å². The van der Waals surface area contributed by atoms with Gasteiger partial charge in [0, 0.05) is 32.2 Å². The number of amides is 2. The van der Waals surface area contributed by atoms with E-state index in [0.717, 1.165) is 0 Å². The fourth-order valence-electron chi connectivity index (χ4n) is 2.38. The van der Waals surface area contributed by atoms with E-state index in [-0.39, 0.29) is 35.1 Å². The van der Waals surface area contributed by atoms with Gasteiger partial charge in [-0.15, -0.1) is 0 Å². The summed E-state index contributed by atoms with van der Waals surface area (Å²) in [4.78, 5) is 14.0. The number of nitrogens with zero attached hydrogens (tertiary/aromatic N) is 2. The number of benzene rings is 1. The van der Waals surface area contributed by atoms with Crippen molar-refractivity contribution in [3.05, 3.63) is 29.3 Å². The largest absolute Gasteiger partial charge is 0.335 e. The molecule has 134 valence electrons. The van der Waals surface area contributed by atoms with Gasteiger partial charge in [0.2, 0.25) is 10.0 Å². The molecule has 24 heavy (non-hydrogen) atoms. The molecule has 2 amide bonds. The van der Waals surface area contributed by atoms with Crippen LogP contribution in [0.25, 0.3) is 0 Å². The van der Waals surface area contributed by atoms with Gasteiger partial charge in [0.1, 0.15) is 4.90 Å². The monoisotopic (exact) mass is 373 g/mol. The first-order valence-electron chi connectivity index (χ1n) is 8.03. The van der Waals surface area contributed by atoms with Crippen LogP contribution in [-0.2, 0) is 10.0 Å². The second-order valence-corrected chi connectivity index (χ2v) is 8.62. The molecule has 1 atom stereocenters. The molecule has 1 aromatic rings. The molecule has 0 radical (unpaired) electrons. The van der Waals surface area contributed by atoms with Crippen molar-refractivity contribution in [3.8, 4) is 0 Å². The molecule has 1 aliphatic rings. The van der Waals surface area contributed by atoms with Crippen LogP contribution >= 0.6 is 11.6 Å². The van der Waals surface area contributed by atoms with Crippen molar-refractivity contribution in [2.75, 3.05) is 26.2 Å². The Bertz CT molecular complexity index is 686. The lowest BCUT2D eigenvalue weighted by Gasteiger charge is -2.35. The van der Waals surface area contributed by atoms with Crippen LogP contribution < -0.4 is 5.32 Å².